The number of rotatable bonds is 6. The highest BCUT2D eigenvalue weighted by atomic mass is 32.2. The molecule has 7 heteroatoms. The van der Waals surface area contributed by atoms with E-state index in [-0.39, 0.29) is 4.90 Å². The molecule has 0 unspecified atom stereocenters. The molecule has 6 nitrogen and oxygen atoms in total. The fourth-order valence-corrected chi connectivity index (χ4v) is 4.73. The highest BCUT2D eigenvalue weighted by Gasteiger charge is 2.20. The van der Waals surface area contributed by atoms with E-state index >= 15 is 0 Å². The summed E-state index contributed by atoms with van der Waals surface area (Å²) in [5.74, 6) is 0.733. The van der Waals surface area contributed by atoms with E-state index in [9.17, 15) is 8.42 Å². The van der Waals surface area contributed by atoms with Gasteiger partial charge in [0.05, 0.1) is 16.6 Å². The first kappa shape index (κ1) is 18.0. The zero-order chi connectivity index (χ0) is 18.7. The van der Waals surface area contributed by atoms with Gasteiger partial charge in [-0.25, -0.2) is 0 Å². The third-order valence-corrected chi connectivity index (χ3v) is 6.51. The number of hydrogen-bond donors (Lipinski definition) is 0. The Morgan fingerprint density at radius 2 is 1.78 bits per heavy atom. The maximum absolute atomic E-state index is 12.8. The minimum Gasteiger partial charge on any atom is -0.492 e. The van der Waals surface area contributed by atoms with Crippen molar-refractivity contribution in [1.29, 1.82) is 0 Å². The molecule has 0 bridgehead atoms. The number of likely N-dealkylation sites (tertiary alicyclic amines) is 1. The van der Waals surface area contributed by atoms with Gasteiger partial charge < -0.3 is 4.74 Å². The van der Waals surface area contributed by atoms with Gasteiger partial charge in [0.2, 0.25) is 0 Å². The summed E-state index contributed by atoms with van der Waals surface area (Å²) in [5, 5.41) is 4.84. The van der Waals surface area contributed by atoms with Gasteiger partial charge in [-0.3, -0.25) is 4.90 Å². The van der Waals surface area contributed by atoms with Gasteiger partial charge in [0.25, 0.3) is 10.0 Å². The third kappa shape index (κ3) is 3.84. The summed E-state index contributed by atoms with van der Waals surface area (Å²) in [4.78, 5) is 2.64. The van der Waals surface area contributed by atoms with E-state index in [2.05, 4.69) is 10.00 Å². The van der Waals surface area contributed by atoms with E-state index in [0.29, 0.717) is 12.1 Å². The molecule has 0 N–H and O–H groups in total. The van der Waals surface area contributed by atoms with Gasteiger partial charge >= 0.3 is 0 Å². The predicted molar refractivity (Wildman–Crippen MR) is 105 cm³/mol. The van der Waals surface area contributed by atoms with Crippen LogP contribution in [-0.2, 0) is 10.0 Å². The molecule has 27 heavy (non-hydrogen) atoms. The molecule has 1 aliphatic heterocycles. The van der Waals surface area contributed by atoms with Gasteiger partial charge in [-0.15, -0.1) is 0 Å². The molecular formula is C20H23N3O3S. The molecule has 142 valence electrons. The van der Waals surface area contributed by atoms with E-state index in [1.807, 2.05) is 6.07 Å². The van der Waals surface area contributed by atoms with Crippen LogP contribution in [0.2, 0.25) is 0 Å². The van der Waals surface area contributed by atoms with E-state index in [4.69, 9.17) is 4.74 Å². The van der Waals surface area contributed by atoms with Crippen LogP contribution in [0.4, 0.5) is 0 Å². The molecule has 0 aliphatic carbocycles. The number of fused-ring (bicyclic) bond motifs is 1. The highest BCUT2D eigenvalue weighted by molar-refractivity contribution is 7.90. The Kier molecular flexibility index (Phi) is 5.13. The number of benzene rings is 2. The lowest BCUT2D eigenvalue weighted by molar-refractivity contribution is 0.183. The van der Waals surface area contributed by atoms with Crippen molar-refractivity contribution in [2.75, 3.05) is 26.2 Å². The summed E-state index contributed by atoms with van der Waals surface area (Å²) in [6, 6.07) is 13.7. The molecule has 0 amide bonds. The van der Waals surface area contributed by atoms with Crippen LogP contribution in [0.25, 0.3) is 10.9 Å². The monoisotopic (exact) mass is 385 g/mol. The summed E-state index contributed by atoms with van der Waals surface area (Å²) >= 11 is 0. The van der Waals surface area contributed by atoms with Crippen molar-refractivity contribution in [2.45, 2.75) is 24.2 Å². The minimum absolute atomic E-state index is 0.219. The predicted octanol–water partition coefficient (Wildman–Crippen LogP) is 3.14. The standard InChI is InChI=1S/C20H23N3O3S/c24-27(25,19-7-3-1-4-8-19)23-20-10-9-18(15-17(20)16-21-23)26-14-13-22-11-5-2-6-12-22/h1,3-4,7-10,15-16H,2,5-6,11-14H2. The minimum atomic E-state index is -3.71. The lowest BCUT2D eigenvalue weighted by atomic mass is 10.1. The molecule has 0 saturated carbocycles. The van der Waals surface area contributed by atoms with Crippen LogP contribution in [0.15, 0.2) is 59.6 Å². The molecule has 0 atom stereocenters. The summed E-state index contributed by atoms with van der Waals surface area (Å²) < 4.78 is 32.6. The van der Waals surface area contributed by atoms with Crippen molar-refractivity contribution in [3.8, 4) is 5.75 Å². The average molecular weight is 385 g/mol. The van der Waals surface area contributed by atoms with Gasteiger partial charge in [-0.05, 0) is 56.3 Å². The lowest BCUT2D eigenvalue weighted by Gasteiger charge is -2.26. The molecule has 4 rings (SSSR count). The van der Waals surface area contributed by atoms with E-state index < -0.39 is 10.0 Å². The second-order valence-corrected chi connectivity index (χ2v) is 8.54. The Morgan fingerprint density at radius 1 is 1.00 bits per heavy atom. The molecule has 0 radical (unpaired) electrons. The fraction of sp³-hybridized carbons (Fsp3) is 0.350. The number of nitrogens with zero attached hydrogens (tertiary/aromatic N) is 3. The summed E-state index contributed by atoms with van der Waals surface area (Å²) in [6.07, 6.45) is 5.42. The van der Waals surface area contributed by atoms with Crippen LogP contribution in [0.1, 0.15) is 19.3 Å². The molecule has 1 saturated heterocycles. The van der Waals surface area contributed by atoms with Crippen molar-refractivity contribution < 1.29 is 13.2 Å². The first-order valence-corrected chi connectivity index (χ1v) is 10.7. The average Bonchev–Trinajstić information content (AvgIpc) is 3.14. The van der Waals surface area contributed by atoms with Crippen LogP contribution in [-0.4, -0.2) is 48.7 Å². The second-order valence-electron chi connectivity index (χ2n) is 6.78. The topological polar surface area (TPSA) is 64.4 Å². The van der Waals surface area contributed by atoms with Gasteiger partial charge in [0.1, 0.15) is 12.4 Å². The van der Waals surface area contributed by atoms with Crippen LogP contribution in [0.3, 0.4) is 0 Å². The maximum Gasteiger partial charge on any atom is 0.283 e. The number of hydrogen-bond acceptors (Lipinski definition) is 5. The quantitative estimate of drug-likeness (QED) is 0.652. The van der Waals surface area contributed by atoms with Crippen LogP contribution in [0.5, 0.6) is 5.75 Å². The largest absolute Gasteiger partial charge is 0.492 e. The second kappa shape index (κ2) is 7.70. The van der Waals surface area contributed by atoms with E-state index in [1.165, 1.54) is 19.3 Å². The number of piperidine rings is 1. The van der Waals surface area contributed by atoms with Crippen molar-refractivity contribution in [2.24, 2.45) is 0 Å². The molecule has 2 heterocycles. The molecule has 2 aromatic carbocycles. The van der Waals surface area contributed by atoms with Crippen molar-refractivity contribution >= 4 is 20.9 Å². The first-order valence-electron chi connectivity index (χ1n) is 9.28. The fourth-order valence-electron chi connectivity index (χ4n) is 3.44. The van der Waals surface area contributed by atoms with Crippen molar-refractivity contribution in [3.05, 3.63) is 54.7 Å². The van der Waals surface area contributed by atoms with Crippen molar-refractivity contribution in [1.82, 2.24) is 14.1 Å². The van der Waals surface area contributed by atoms with Crippen LogP contribution < -0.4 is 4.74 Å². The van der Waals surface area contributed by atoms with Gasteiger partial charge in [0, 0.05) is 11.9 Å². The SMILES string of the molecule is O=S(=O)(c1ccccc1)n1ncc2cc(OCCN3CCCCC3)ccc21. The molecule has 0 spiro atoms. The van der Waals surface area contributed by atoms with E-state index in [1.54, 1.807) is 48.7 Å². The van der Waals surface area contributed by atoms with Gasteiger partial charge in [-0.2, -0.15) is 17.6 Å². The number of ether oxygens (including phenoxy) is 1. The Morgan fingerprint density at radius 3 is 2.56 bits per heavy atom. The Hall–Kier alpha value is -2.38. The van der Waals surface area contributed by atoms with Crippen molar-refractivity contribution in [3.63, 3.8) is 0 Å². The zero-order valence-corrected chi connectivity index (χ0v) is 15.9. The molecule has 1 aliphatic rings. The normalized spacial score (nSPS) is 15.9. The molecule has 1 aromatic heterocycles. The molecular weight excluding hydrogens is 362 g/mol. The molecule has 1 fully saturated rings. The Bertz CT molecular complexity index is 1010. The van der Waals surface area contributed by atoms with Crippen LogP contribution in [0, 0.1) is 0 Å². The Balaban J connectivity index is 1.50. The Labute approximate surface area is 159 Å². The van der Waals surface area contributed by atoms with Gasteiger partial charge in [0.15, 0.2) is 0 Å². The molecule has 3 aromatic rings. The summed E-state index contributed by atoms with van der Waals surface area (Å²) in [6.45, 7) is 3.83. The van der Waals surface area contributed by atoms with Gasteiger partial charge in [-0.1, -0.05) is 24.6 Å². The summed E-state index contributed by atoms with van der Waals surface area (Å²) in [7, 11) is -3.71. The highest BCUT2D eigenvalue weighted by Crippen LogP contribution is 2.24. The lowest BCUT2D eigenvalue weighted by Crippen LogP contribution is -2.33. The third-order valence-electron chi connectivity index (χ3n) is 4.90. The van der Waals surface area contributed by atoms with E-state index in [0.717, 1.165) is 34.9 Å². The van der Waals surface area contributed by atoms with Crippen LogP contribution >= 0.6 is 0 Å². The first-order chi connectivity index (χ1) is 13.1. The zero-order valence-electron chi connectivity index (χ0n) is 15.1. The smallest absolute Gasteiger partial charge is 0.283 e. The summed E-state index contributed by atoms with van der Waals surface area (Å²) in [5.41, 5.74) is 0.544. The number of aromatic nitrogens is 2. The maximum atomic E-state index is 12.8.